The molecule has 0 bridgehead atoms. The molecule has 0 fully saturated rings. The van der Waals surface area contributed by atoms with Crippen molar-refractivity contribution >= 4 is 17.1 Å². The van der Waals surface area contributed by atoms with Crippen LogP contribution in [-0.4, -0.2) is 0 Å². The van der Waals surface area contributed by atoms with E-state index >= 15 is 0 Å². The molecule has 0 unspecified atom stereocenters. The van der Waals surface area contributed by atoms with Crippen molar-refractivity contribution in [2.75, 3.05) is 4.90 Å². The number of aryl methyl sites for hydroxylation is 2. The number of hydrogen-bond acceptors (Lipinski definition) is 3. The minimum Gasteiger partial charge on any atom is -0.310 e. The van der Waals surface area contributed by atoms with Crippen LogP contribution in [0, 0.1) is 36.5 Å². The number of rotatable bonds is 3. The summed E-state index contributed by atoms with van der Waals surface area (Å²) in [7, 11) is 0. The standard InChI is InChI=1S/C22H17N3/c1-16-11-17(2)13-22(12-16)25(20-7-3-18(14-23)4-8-20)21-9-5-19(15-24)6-10-21/h3-13H,1-2H3. The van der Waals surface area contributed by atoms with Crippen molar-refractivity contribution < 1.29 is 0 Å². The summed E-state index contributed by atoms with van der Waals surface area (Å²) in [4.78, 5) is 2.13. The molecule has 0 aliphatic heterocycles. The number of anilines is 3. The summed E-state index contributed by atoms with van der Waals surface area (Å²) in [6.07, 6.45) is 0. The van der Waals surface area contributed by atoms with E-state index in [0.29, 0.717) is 11.1 Å². The van der Waals surface area contributed by atoms with Crippen molar-refractivity contribution in [2.45, 2.75) is 13.8 Å². The van der Waals surface area contributed by atoms with Gasteiger partial charge in [-0.25, -0.2) is 0 Å². The van der Waals surface area contributed by atoms with Gasteiger partial charge in [0.05, 0.1) is 23.3 Å². The Hall–Kier alpha value is -3.56. The van der Waals surface area contributed by atoms with Crippen molar-refractivity contribution in [3.63, 3.8) is 0 Å². The van der Waals surface area contributed by atoms with E-state index in [1.807, 2.05) is 48.5 Å². The van der Waals surface area contributed by atoms with Gasteiger partial charge in [-0.3, -0.25) is 0 Å². The number of hydrogen-bond donors (Lipinski definition) is 0. The van der Waals surface area contributed by atoms with Crippen LogP contribution in [0.2, 0.25) is 0 Å². The molecule has 0 N–H and O–H groups in total. The van der Waals surface area contributed by atoms with E-state index in [2.05, 4.69) is 49.1 Å². The largest absolute Gasteiger partial charge is 0.310 e. The molecular weight excluding hydrogens is 306 g/mol. The number of nitrogens with zero attached hydrogens (tertiary/aromatic N) is 3. The smallest absolute Gasteiger partial charge is 0.0991 e. The van der Waals surface area contributed by atoms with Crippen LogP contribution in [0.25, 0.3) is 0 Å². The molecule has 0 heterocycles. The van der Waals surface area contributed by atoms with Crippen molar-refractivity contribution in [2.24, 2.45) is 0 Å². The predicted octanol–water partition coefficient (Wildman–Crippen LogP) is 5.52. The van der Waals surface area contributed by atoms with Crippen LogP contribution >= 0.6 is 0 Å². The number of benzene rings is 3. The lowest BCUT2D eigenvalue weighted by molar-refractivity contribution is 1.25. The summed E-state index contributed by atoms with van der Waals surface area (Å²) in [5, 5.41) is 18.1. The first-order valence-corrected chi connectivity index (χ1v) is 7.99. The Morgan fingerprint density at radius 2 is 1.00 bits per heavy atom. The van der Waals surface area contributed by atoms with Crippen molar-refractivity contribution in [3.05, 3.63) is 89.0 Å². The fraction of sp³-hybridized carbons (Fsp3) is 0.0909. The maximum atomic E-state index is 9.04. The summed E-state index contributed by atoms with van der Waals surface area (Å²) >= 11 is 0. The second kappa shape index (κ2) is 6.91. The molecule has 0 radical (unpaired) electrons. The molecule has 0 aliphatic carbocycles. The molecule has 0 aromatic heterocycles. The van der Waals surface area contributed by atoms with Crippen molar-refractivity contribution in [1.29, 1.82) is 10.5 Å². The van der Waals surface area contributed by atoms with Crippen LogP contribution in [0.5, 0.6) is 0 Å². The predicted molar refractivity (Wildman–Crippen MR) is 100 cm³/mol. The van der Waals surface area contributed by atoms with Gasteiger partial charge in [0.25, 0.3) is 0 Å². The fourth-order valence-electron chi connectivity index (χ4n) is 2.90. The van der Waals surface area contributed by atoms with Gasteiger partial charge in [-0.05, 0) is 85.6 Å². The zero-order valence-corrected chi connectivity index (χ0v) is 14.2. The van der Waals surface area contributed by atoms with E-state index in [-0.39, 0.29) is 0 Å². The van der Waals surface area contributed by atoms with E-state index in [0.717, 1.165) is 17.1 Å². The molecule has 3 rings (SSSR count). The zero-order chi connectivity index (χ0) is 17.8. The van der Waals surface area contributed by atoms with Gasteiger partial charge < -0.3 is 4.90 Å². The van der Waals surface area contributed by atoms with E-state index in [1.165, 1.54) is 11.1 Å². The highest BCUT2D eigenvalue weighted by molar-refractivity contribution is 5.77. The Balaban J connectivity index is 2.15. The van der Waals surface area contributed by atoms with Gasteiger partial charge in [-0.15, -0.1) is 0 Å². The third kappa shape index (κ3) is 3.52. The molecule has 3 heteroatoms. The third-order valence-electron chi connectivity index (χ3n) is 3.97. The van der Waals surface area contributed by atoms with Crippen molar-refractivity contribution in [3.8, 4) is 12.1 Å². The second-order valence-corrected chi connectivity index (χ2v) is 6.00. The van der Waals surface area contributed by atoms with Gasteiger partial charge in [0, 0.05) is 17.1 Å². The first-order chi connectivity index (χ1) is 12.1. The first-order valence-electron chi connectivity index (χ1n) is 7.99. The SMILES string of the molecule is Cc1cc(C)cc(N(c2ccc(C#N)cc2)c2ccc(C#N)cc2)c1. The van der Waals surface area contributed by atoms with E-state index < -0.39 is 0 Å². The molecule has 0 atom stereocenters. The summed E-state index contributed by atoms with van der Waals surface area (Å²) in [6.45, 7) is 4.15. The Morgan fingerprint density at radius 3 is 1.36 bits per heavy atom. The lowest BCUT2D eigenvalue weighted by atomic mass is 10.1. The molecule has 0 saturated heterocycles. The molecule has 0 spiro atoms. The van der Waals surface area contributed by atoms with Crippen LogP contribution in [0.3, 0.4) is 0 Å². The maximum Gasteiger partial charge on any atom is 0.0991 e. The Morgan fingerprint density at radius 1 is 0.600 bits per heavy atom. The molecule has 0 saturated carbocycles. The summed E-state index contributed by atoms with van der Waals surface area (Å²) in [6, 6.07) is 25.7. The first kappa shape index (κ1) is 16.3. The molecule has 3 aromatic rings. The van der Waals surface area contributed by atoms with Gasteiger partial charge in [0.15, 0.2) is 0 Å². The van der Waals surface area contributed by atoms with Gasteiger partial charge in [-0.1, -0.05) is 6.07 Å². The van der Waals surface area contributed by atoms with Gasteiger partial charge in [0.2, 0.25) is 0 Å². The lowest BCUT2D eigenvalue weighted by Gasteiger charge is -2.26. The minimum atomic E-state index is 0.629. The minimum absolute atomic E-state index is 0.629. The van der Waals surface area contributed by atoms with Crippen LogP contribution in [0.1, 0.15) is 22.3 Å². The summed E-state index contributed by atoms with van der Waals surface area (Å²) in [5.41, 5.74) is 6.60. The molecule has 0 amide bonds. The van der Waals surface area contributed by atoms with Crippen LogP contribution in [-0.2, 0) is 0 Å². The summed E-state index contributed by atoms with van der Waals surface area (Å²) in [5.74, 6) is 0. The Kier molecular flexibility index (Phi) is 4.50. The molecule has 3 nitrogen and oxygen atoms in total. The van der Waals surface area contributed by atoms with Crippen LogP contribution in [0.15, 0.2) is 66.7 Å². The van der Waals surface area contributed by atoms with Crippen LogP contribution < -0.4 is 4.90 Å². The number of nitriles is 2. The summed E-state index contributed by atoms with van der Waals surface area (Å²) < 4.78 is 0. The normalized spacial score (nSPS) is 9.92. The Labute approximate surface area is 148 Å². The monoisotopic (exact) mass is 323 g/mol. The van der Waals surface area contributed by atoms with E-state index in [1.54, 1.807) is 0 Å². The fourth-order valence-corrected chi connectivity index (χ4v) is 2.90. The van der Waals surface area contributed by atoms with Crippen LogP contribution in [0.4, 0.5) is 17.1 Å². The third-order valence-corrected chi connectivity index (χ3v) is 3.97. The molecule has 25 heavy (non-hydrogen) atoms. The highest BCUT2D eigenvalue weighted by Gasteiger charge is 2.13. The van der Waals surface area contributed by atoms with Crippen molar-refractivity contribution in [1.82, 2.24) is 0 Å². The lowest BCUT2D eigenvalue weighted by Crippen LogP contribution is -2.10. The molecular formula is C22H17N3. The second-order valence-electron chi connectivity index (χ2n) is 6.00. The molecule has 3 aromatic carbocycles. The topological polar surface area (TPSA) is 50.8 Å². The zero-order valence-electron chi connectivity index (χ0n) is 14.2. The van der Waals surface area contributed by atoms with Gasteiger partial charge >= 0.3 is 0 Å². The van der Waals surface area contributed by atoms with Gasteiger partial charge in [0.1, 0.15) is 0 Å². The van der Waals surface area contributed by atoms with Gasteiger partial charge in [-0.2, -0.15) is 10.5 Å². The highest BCUT2D eigenvalue weighted by Crippen LogP contribution is 2.35. The average Bonchev–Trinajstić information content (AvgIpc) is 2.62. The quantitative estimate of drug-likeness (QED) is 0.638. The average molecular weight is 323 g/mol. The molecule has 0 aliphatic rings. The highest BCUT2D eigenvalue weighted by atomic mass is 15.1. The maximum absolute atomic E-state index is 9.04. The van der Waals surface area contributed by atoms with E-state index in [9.17, 15) is 0 Å². The molecule has 120 valence electrons. The Bertz CT molecular complexity index is 894. The van der Waals surface area contributed by atoms with E-state index in [4.69, 9.17) is 10.5 Å².